The first kappa shape index (κ1) is 28.3. The molecule has 0 radical (unpaired) electrons. The quantitative estimate of drug-likeness (QED) is 0.208. The summed E-state index contributed by atoms with van der Waals surface area (Å²) in [4.78, 5) is 27.1. The van der Waals surface area contributed by atoms with Crippen LogP contribution in [-0.2, 0) is 13.0 Å². The number of ether oxygens (including phenoxy) is 1. The number of piperazine rings is 1. The van der Waals surface area contributed by atoms with Crippen LogP contribution < -0.4 is 15.4 Å². The number of amides is 2. The van der Waals surface area contributed by atoms with E-state index >= 15 is 0 Å². The van der Waals surface area contributed by atoms with E-state index in [9.17, 15) is 9.18 Å². The average Bonchev–Trinajstić information content (AvgIpc) is 3.48. The number of tetrazole rings is 1. The van der Waals surface area contributed by atoms with Gasteiger partial charge in [0.2, 0.25) is 0 Å². The fourth-order valence-electron chi connectivity index (χ4n) is 5.12. The molecule has 3 N–H and O–H groups in total. The number of thiophene rings is 1. The molecule has 5 aromatic rings. The minimum atomic E-state index is -0.571. The third-order valence-electron chi connectivity index (χ3n) is 7.69. The van der Waals surface area contributed by atoms with Crippen molar-refractivity contribution in [1.29, 1.82) is 0 Å². The van der Waals surface area contributed by atoms with Crippen molar-refractivity contribution in [3.8, 4) is 22.1 Å². The predicted molar refractivity (Wildman–Crippen MR) is 164 cm³/mol. The van der Waals surface area contributed by atoms with Gasteiger partial charge in [0.25, 0.3) is 0 Å². The van der Waals surface area contributed by atoms with E-state index in [1.807, 2.05) is 18.3 Å². The van der Waals surface area contributed by atoms with Crippen molar-refractivity contribution >= 4 is 33.3 Å². The summed E-state index contributed by atoms with van der Waals surface area (Å²) >= 11 is 1.50. The lowest BCUT2D eigenvalue weighted by Crippen LogP contribution is -2.46. The van der Waals surface area contributed by atoms with Crippen LogP contribution in [0.4, 0.5) is 14.9 Å². The van der Waals surface area contributed by atoms with Gasteiger partial charge in [-0.1, -0.05) is 11.3 Å². The Balaban J connectivity index is 0.965. The minimum absolute atomic E-state index is 0.0656. The van der Waals surface area contributed by atoms with E-state index in [-0.39, 0.29) is 17.8 Å². The van der Waals surface area contributed by atoms with E-state index in [0.717, 1.165) is 90.7 Å². The second kappa shape index (κ2) is 12.6. The molecule has 14 heteroatoms. The number of hydrogen-bond donors (Lipinski definition) is 3. The zero-order chi connectivity index (χ0) is 29.9. The molecule has 12 nitrogen and oxygen atoms in total. The van der Waals surface area contributed by atoms with Crippen LogP contribution in [-0.4, -0.2) is 85.2 Å². The SMILES string of the molecule is O=C(Nc1ccc(Oc2ccnc3cc(-c4ccc(CN5CCN(CCc6nn[nH]n6)CC5)cn4)sc23)c(F)c1)NC1CC1. The number of aromatic amines is 1. The number of urea groups is 1. The molecule has 226 valence electrons. The van der Waals surface area contributed by atoms with E-state index in [1.54, 1.807) is 18.3 Å². The summed E-state index contributed by atoms with van der Waals surface area (Å²) < 4.78 is 21.7. The van der Waals surface area contributed by atoms with Crippen LogP contribution >= 0.6 is 11.3 Å². The van der Waals surface area contributed by atoms with Crippen molar-refractivity contribution in [1.82, 2.24) is 45.7 Å². The van der Waals surface area contributed by atoms with Gasteiger partial charge < -0.3 is 20.3 Å². The Bertz CT molecular complexity index is 1730. The third kappa shape index (κ3) is 6.82. The number of aromatic nitrogens is 6. The second-order valence-electron chi connectivity index (χ2n) is 11.0. The van der Waals surface area contributed by atoms with Crippen molar-refractivity contribution in [3.05, 3.63) is 72.1 Å². The topological polar surface area (TPSA) is 137 Å². The van der Waals surface area contributed by atoms with Gasteiger partial charge in [0.05, 0.1) is 20.8 Å². The van der Waals surface area contributed by atoms with Crippen molar-refractivity contribution < 1.29 is 13.9 Å². The van der Waals surface area contributed by atoms with E-state index in [0.29, 0.717) is 11.4 Å². The van der Waals surface area contributed by atoms with E-state index in [1.165, 1.54) is 23.5 Å². The summed E-state index contributed by atoms with van der Waals surface area (Å²) in [5.74, 6) is 0.750. The summed E-state index contributed by atoms with van der Waals surface area (Å²) in [5.41, 5.74) is 3.12. The fraction of sp³-hybridized carbons (Fsp3) is 0.333. The predicted octanol–water partition coefficient (Wildman–Crippen LogP) is 4.45. The minimum Gasteiger partial charge on any atom is -0.453 e. The maximum atomic E-state index is 14.9. The van der Waals surface area contributed by atoms with Crippen molar-refractivity contribution in [3.63, 3.8) is 0 Å². The molecule has 7 rings (SSSR count). The van der Waals surface area contributed by atoms with E-state index < -0.39 is 5.82 Å². The second-order valence-corrected chi connectivity index (χ2v) is 12.1. The number of nitrogens with zero attached hydrogens (tertiary/aromatic N) is 7. The molecule has 2 fully saturated rings. The van der Waals surface area contributed by atoms with Crippen LogP contribution in [0, 0.1) is 5.82 Å². The van der Waals surface area contributed by atoms with Crippen molar-refractivity contribution in [2.24, 2.45) is 0 Å². The van der Waals surface area contributed by atoms with Crippen LogP contribution in [0.5, 0.6) is 11.5 Å². The normalized spacial score (nSPS) is 15.8. The number of hydrogen-bond acceptors (Lipinski definition) is 10. The van der Waals surface area contributed by atoms with Crippen LogP contribution in [0.25, 0.3) is 20.8 Å². The number of anilines is 1. The number of rotatable bonds is 10. The monoisotopic (exact) mass is 614 g/mol. The lowest BCUT2D eigenvalue weighted by Gasteiger charge is -2.34. The van der Waals surface area contributed by atoms with Gasteiger partial charge in [0.15, 0.2) is 17.4 Å². The zero-order valence-corrected chi connectivity index (χ0v) is 24.7. The summed E-state index contributed by atoms with van der Waals surface area (Å²) in [7, 11) is 0. The molecule has 5 heterocycles. The molecule has 1 aliphatic carbocycles. The molecule has 44 heavy (non-hydrogen) atoms. The van der Waals surface area contributed by atoms with Crippen LogP contribution in [0.1, 0.15) is 24.2 Å². The van der Waals surface area contributed by atoms with Crippen LogP contribution in [0.2, 0.25) is 0 Å². The van der Waals surface area contributed by atoms with Crippen LogP contribution in [0.15, 0.2) is 54.9 Å². The standard InChI is InChI=1S/C30H31FN10O2S/c31-22-15-21(35-30(42)34-20-2-3-20)4-6-25(22)43-26-7-9-32-24-16-27(44-29(24)26)23-5-1-19(17-33-23)18-41-13-11-40(12-14-41)10-8-28-36-38-39-37-28/h1,4-7,9,15-17,20H,2-3,8,10-14,18H2,(H2,34,35,42)(H,36,37,38,39). The Morgan fingerprint density at radius 3 is 2.66 bits per heavy atom. The average molecular weight is 615 g/mol. The Kier molecular flexibility index (Phi) is 8.09. The highest BCUT2D eigenvalue weighted by molar-refractivity contribution is 7.22. The molecule has 1 saturated heterocycles. The maximum Gasteiger partial charge on any atom is 0.319 e. The molecular formula is C30H31FN10O2S. The molecule has 0 atom stereocenters. The highest BCUT2D eigenvalue weighted by atomic mass is 32.1. The molecule has 0 unspecified atom stereocenters. The van der Waals surface area contributed by atoms with Gasteiger partial charge in [0, 0.05) is 81.9 Å². The lowest BCUT2D eigenvalue weighted by atomic mass is 10.2. The Hall–Kier alpha value is -4.53. The molecule has 1 aliphatic heterocycles. The summed E-state index contributed by atoms with van der Waals surface area (Å²) in [6.07, 6.45) is 6.33. The Morgan fingerprint density at radius 1 is 1.05 bits per heavy atom. The van der Waals surface area contributed by atoms with Crippen molar-refractivity contribution in [2.45, 2.75) is 31.8 Å². The first-order valence-corrected chi connectivity index (χ1v) is 15.4. The van der Waals surface area contributed by atoms with Gasteiger partial charge in [-0.2, -0.15) is 5.21 Å². The highest BCUT2D eigenvalue weighted by Crippen LogP contribution is 2.39. The zero-order valence-electron chi connectivity index (χ0n) is 23.9. The Morgan fingerprint density at radius 2 is 1.91 bits per heavy atom. The molecular weight excluding hydrogens is 583 g/mol. The Labute approximate surface area is 256 Å². The first-order chi connectivity index (χ1) is 21.6. The van der Waals surface area contributed by atoms with E-state index in [2.05, 4.69) is 52.1 Å². The molecule has 0 spiro atoms. The summed E-state index contributed by atoms with van der Waals surface area (Å²) in [5, 5.41) is 19.7. The lowest BCUT2D eigenvalue weighted by molar-refractivity contribution is 0.127. The van der Waals surface area contributed by atoms with Gasteiger partial charge >= 0.3 is 6.03 Å². The third-order valence-corrected chi connectivity index (χ3v) is 8.85. The van der Waals surface area contributed by atoms with Gasteiger partial charge in [-0.15, -0.1) is 21.5 Å². The van der Waals surface area contributed by atoms with Gasteiger partial charge in [-0.3, -0.25) is 14.9 Å². The number of benzene rings is 1. The number of carbonyl (C=O) groups is 1. The summed E-state index contributed by atoms with van der Waals surface area (Å²) in [6.45, 7) is 5.78. The van der Waals surface area contributed by atoms with E-state index in [4.69, 9.17) is 9.72 Å². The number of halogens is 1. The first-order valence-electron chi connectivity index (χ1n) is 14.6. The number of carbonyl (C=O) groups excluding carboxylic acids is 1. The highest BCUT2D eigenvalue weighted by Gasteiger charge is 2.23. The number of H-pyrrole nitrogens is 1. The largest absolute Gasteiger partial charge is 0.453 e. The molecule has 0 bridgehead atoms. The van der Waals surface area contributed by atoms with Crippen molar-refractivity contribution in [2.75, 3.05) is 38.0 Å². The summed E-state index contributed by atoms with van der Waals surface area (Å²) in [6, 6.07) is 12.1. The molecule has 4 aromatic heterocycles. The number of fused-ring (bicyclic) bond motifs is 1. The molecule has 2 aliphatic rings. The number of pyridine rings is 2. The van der Waals surface area contributed by atoms with Crippen LogP contribution in [0.3, 0.4) is 0 Å². The van der Waals surface area contributed by atoms with Gasteiger partial charge in [-0.25, -0.2) is 9.18 Å². The fourth-order valence-corrected chi connectivity index (χ4v) is 6.16. The molecule has 2 amide bonds. The van der Waals surface area contributed by atoms with Gasteiger partial charge in [-0.05, 0) is 42.7 Å². The molecule has 1 aromatic carbocycles. The molecule has 1 saturated carbocycles. The number of nitrogens with one attached hydrogen (secondary N) is 3. The smallest absolute Gasteiger partial charge is 0.319 e. The van der Waals surface area contributed by atoms with Gasteiger partial charge in [0.1, 0.15) is 5.75 Å². The maximum absolute atomic E-state index is 14.9.